The van der Waals surface area contributed by atoms with Gasteiger partial charge in [0.25, 0.3) is 0 Å². The Labute approximate surface area is 113 Å². The van der Waals surface area contributed by atoms with Crippen molar-refractivity contribution in [3.63, 3.8) is 0 Å². The van der Waals surface area contributed by atoms with Gasteiger partial charge in [-0.05, 0) is 18.4 Å². The Bertz CT molecular complexity index is 293. The van der Waals surface area contributed by atoms with Crippen LogP contribution in [0.15, 0.2) is 5.11 Å². The molecule has 0 aliphatic heterocycles. The van der Waals surface area contributed by atoms with Crippen LogP contribution >= 0.6 is 0 Å². The van der Waals surface area contributed by atoms with Crippen LogP contribution in [0.25, 0.3) is 10.4 Å². The van der Waals surface area contributed by atoms with E-state index in [-0.39, 0.29) is 6.54 Å². The highest BCUT2D eigenvalue weighted by Crippen LogP contribution is 2.09. The zero-order valence-electron chi connectivity index (χ0n) is 11.6. The number of carbonyl (C=O) groups is 1. The number of nitrogens with zero attached hydrogens (tertiary/aromatic N) is 3. The third-order valence-corrected chi connectivity index (χ3v) is 2.53. The molecular formula is C12H23N3O4. The second-order valence-electron chi connectivity index (χ2n) is 4.16. The molecule has 0 spiro atoms. The molecule has 0 amide bonds. The molecule has 7 nitrogen and oxygen atoms in total. The molecule has 110 valence electrons. The third-order valence-electron chi connectivity index (χ3n) is 2.53. The lowest BCUT2D eigenvalue weighted by Gasteiger charge is -2.23. The van der Waals surface area contributed by atoms with Crippen LogP contribution in [-0.4, -0.2) is 43.0 Å². The first-order chi connectivity index (χ1) is 9.17. The normalized spacial score (nSPS) is 13.6. The molecule has 0 fully saturated rings. The Morgan fingerprint density at radius 2 is 1.84 bits per heavy atom. The minimum atomic E-state index is -1.09. The molecule has 2 atom stereocenters. The first-order valence-electron chi connectivity index (χ1n) is 6.64. The molecule has 0 rings (SSSR count). The van der Waals surface area contributed by atoms with E-state index in [1.165, 1.54) is 0 Å². The van der Waals surface area contributed by atoms with Gasteiger partial charge in [0.2, 0.25) is 0 Å². The van der Waals surface area contributed by atoms with E-state index in [1.807, 2.05) is 13.8 Å². The number of unbranched alkanes of at least 4 members (excludes halogenated alkanes) is 2. The van der Waals surface area contributed by atoms with Crippen molar-refractivity contribution in [1.29, 1.82) is 0 Å². The lowest BCUT2D eigenvalue weighted by atomic mass is 10.2. The molecular weight excluding hydrogens is 250 g/mol. The van der Waals surface area contributed by atoms with Gasteiger partial charge in [-0.25, -0.2) is 4.79 Å². The average Bonchev–Trinajstić information content (AvgIpc) is 2.39. The summed E-state index contributed by atoms with van der Waals surface area (Å²) in [7, 11) is 0. The molecule has 0 aliphatic rings. The number of rotatable bonds is 12. The van der Waals surface area contributed by atoms with Crippen molar-refractivity contribution in [2.45, 2.75) is 51.7 Å². The van der Waals surface area contributed by atoms with Crippen molar-refractivity contribution in [2.24, 2.45) is 5.11 Å². The van der Waals surface area contributed by atoms with Gasteiger partial charge in [-0.2, -0.15) is 0 Å². The minimum absolute atomic E-state index is 0.0384. The van der Waals surface area contributed by atoms with E-state index >= 15 is 0 Å². The molecule has 1 unspecified atom stereocenters. The van der Waals surface area contributed by atoms with Crippen molar-refractivity contribution in [3.05, 3.63) is 10.4 Å². The summed E-state index contributed by atoms with van der Waals surface area (Å²) >= 11 is 0. The second-order valence-corrected chi connectivity index (χ2v) is 4.16. The van der Waals surface area contributed by atoms with Gasteiger partial charge in [0.1, 0.15) is 6.10 Å². The van der Waals surface area contributed by atoms with Gasteiger partial charge in [0.15, 0.2) is 6.10 Å². The van der Waals surface area contributed by atoms with Crippen LogP contribution in [0.1, 0.15) is 39.5 Å². The van der Waals surface area contributed by atoms with Crippen LogP contribution in [0.2, 0.25) is 0 Å². The topological polar surface area (TPSA) is 105 Å². The molecule has 0 heterocycles. The van der Waals surface area contributed by atoms with Crippen molar-refractivity contribution < 1.29 is 19.4 Å². The summed E-state index contributed by atoms with van der Waals surface area (Å²) in [4.78, 5) is 13.8. The van der Waals surface area contributed by atoms with Crippen LogP contribution < -0.4 is 0 Å². The van der Waals surface area contributed by atoms with Gasteiger partial charge >= 0.3 is 5.97 Å². The van der Waals surface area contributed by atoms with Gasteiger partial charge in [-0.15, -0.1) is 0 Å². The Balaban J connectivity index is 4.50. The van der Waals surface area contributed by atoms with Crippen LogP contribution in [-0.2, 0) is 14.3 Å². The number of ether oxygens (including phenoxy) is 2. The molecule has 0 bridgehead atoms. The maximum absolute atomic E-state index is 11.2. The van der Waals surface area contributed by atoms with E-state index in [0.29, 0.717) is 13.2 Å². The van der Waals surface area contributed by atoms with Crippen LogP contribution in [0.3, 0.4) is 0 Å². The second kappa shape index (κ2) is 11.8. The van der Waals surface area contributed by atoms with Crippen molar-refractivity contribution in [1.82, 2.24) is 0 Å². The summed E-state index contributed by atoms with van der Waals surface area (Å²) in [6, 6.07) is 0. The first-order valence-corrected chi connectivity index (χ1v) is 6.64. The highest BCUT2D eigenvalue weighted by molar-refractivity contribution is 5.73. The van der Waals surface area contributed by atoms with E-state index in [1.54, 1.807) is 0 Å². The Morgan fingerprint density at radius 3 is 2.32 bits per heavy atom. The molecule has 0 saturated carbocycles. The van der Waals surface area contributed by atoms with E-state index in [2.05, 4.69) is 10.0 Å². The van der Waals surface area contributed by atoms with Gasteiger partial charge in [0.05, 0.1) is 6.54 Å². The van der Waals surface area contributed by atoms with Crippen molar-refractivity contribution >= 4 is 5.97 Å². The summed E-state index contributed by atoms with van der Waals surface area (Å²) in [5.41, 5.74) is 8.34. The quantitative estimate of drug-likeness (QED) is 0.255. The zero-order valence-corrected chi connectivity index (χ0v) is 11.6. The number of carboxylic acid groups (broad SMARTS) is 1. The maximum Gasteiger partial charge on any atom is 0.335 e. The fourth-order valence-corrected chi connectivity index (χ4v) is 1.42. The summed E-state index contributed by atoms with van der Waals surface area (Å²) in [6.45, 7) is 4.76. The summed E-state index contributed by atoms with van der Waals surface area (Å²) in [5, 5.41) is 12.6. The smallest absolute Gasteiger partial charge is 0.335 e. The average molecular weight is 273 g/mol. The van der Waals surface area contributed by atoms with Crippen molar-refractivity contribution in [3.8, 4) is 0 Å². The van der Waals surface area contributed by atoms with E-state index in [4.69, 9.17) is 20.1 Å². The number of carboxylic acids is 1. The third kappa shape index (κ3) is 8.42. The number of aliphatic carboxylic acids is 1. The molecule has 0 aliphatic carbocycles. The SMILES string of the molecule is CCCCOC(C(=O)O)[C@@H](CN=[N+]=[N-])OCCCC. The highest BCUT2D eigenvalue weighted by atomic mass is 16.6. The highest BCUT2D eigenvalue weighted by Gasteiger charge is 2.29. The standard InChI is InChI=1S/C12H23N3O4/c1-3-5-7-18-10(9-14-15-13)11(12(16)17)19-8-6-4-2/h10-11H,3-9H2,1-2H3,(H,16,17)/t10-,11?/m1/s1. The predicted molar refractivity (Wildman–Crippen MR) is 70.9 cm³/mol. The van der Waals surface area contributed by atoms with E-state index in [0.717, 1.165) is 25.7 Å². The lowest BCUT2D eigenvalue weighted by Crippen LogP contribution is -2.40. The fraction of sp³-hybridized carbons (Fsp3) is 0.917. The molecule has 0 saturated heterocycles. The predicted octanol–water partition coefficient (Wildman–Crippen LogP) is 2.75. The van der Waals surface area contributed by atoms with Gasteiger partial charge in [-0.1, -0.05) is 31.8 Å². The monoisotopic (exact) mass is 273 g/mol. The zero-order chi connectivity index (χ0) is 14.5. The number of hydrogen-bond acceptors (Lipinski definition) is 4. The molecule has 0 aromatic heterocycles. The minimum Gasteiger partial charge on any atom is -0.479 e. The number of hydrogen-bond donors (Lipinski definition) is 1. The lowest BCUT2D eigenvalue weighted by molar-refractivity contribution is -0.161. The summed E-state index contributed by atoms with van der Waals surface area (Å²) in [6.07, 6.45) is 1.65. The Hall–Kier alpha value is -1.30. The summed E-state index contributed by atoms with van der Waals surface area (Å²) in [5.74, 6) is -1.09. The van der Waals surface area contributed by atoms with Gasteiger partial charge in [-0.3, -0.25) is 0 Å². The Morgan fingerprint density at radius 1 is 1.26 bits per heavy atom. The number of azide groups is 1. The molecule has 1 N–H and O–H groups in total. The van der Waals surface area contributed by atoms with E-state index in [9.17, 15) is 4.79 Å². The molecule has 0 aromatic rings. The van der Waals surface area contributed by atoms with Crippen molar-refractivity contribution in [2.75, 3.05) is 19.8 Å². The molecule has 0 aromatic carbocycles. The molecule has 7 heteroatoms. The summed E-state index contributed by atoms with van der Waals surface area (Å²) < 4.78 is 10.8. The van der Waals surface area contributed by atoms with E-state index < -0.39 is 18.2 Å². The van der Waals surface area contributed by atoms with Gasteiger partial charge < -0.3 is 14.6 Å². The van der Waals surface area contributed by atoms with Crippen LogP contribution in [0.4, 0.5) is 0 Å². The first kappa shape index (κ1) is 17.7. The molecule has 0 radical (unpaired) electrons. The Kier molecular flexibility index (Phi) is 11.0. The van der Waals surface area contributed by atoms with Crippen LogP contribution in [0.5, 0.6) is 0 Å². The van der Waals surface area contributed by atoms with Crippen LogP contribution in [0, 0.1) is 0 Å². The largest absolute Gasteiger partial charge is 0.479 e. The van der Waals surface area contributed by atoms with Gasteiger partial charge in [0, 0.05) is 18.1 Å². The molecule has 19 heavy (non-hydrogen) atoms. The fourth-order valence-electron chi connectivity index (χ4n) is 1.42. The maximum atomic E-state index is 11.2.